The van der Waals surface area contributed by atoms with Gasteiger partial charge < -0.3 is 5.32 Å². The van der Waals surface area contributed by atoms with Crippen molar-refractivity contribution in [2.24, 2.45) is 12.5 Å². The van der Waals surface area contributed by atoms with Crippen molar-refractivity contribution in [2.75, 3.05) is 5.32 Å². The van der Waals surface area contributed by atoms with Gasteiger partial charge in [0.25, 0.3) is 0 Å². The third kappa shape index (κ3) is 1.72. The monoisotopic (exact) mass is 247 g/mol. The second-order valence-electron chi connectivity index (χ2n) is 4.04. The first-order valence-electron chi connectivity index (χ1n) is 4.54. The lowest BCUT2D eigenvalue weighted by atomic mass is 10.1. The quantitative estimate of drug-likeness (QED) is 0.813. The van der Waals surface area contributed by atoms with E-state index in [1.807, 2.05) is 0 Å². The van der Waals surface area contributed by atoms with Crippen LogP contribution in [-0.2, 0) is 11.8 Å². The number of hydrogen-bond donors (Lipinski definition) is 1. The molecule has 82 valence electrons. The molecule has 1 aliphatic carbocycles. The first kappa shape index (κ1) is 10.8. The van der Waals surface area contributed by atoms with Crippen molar-refractivity contribution in [3.63, 3.8) is 0 Å². The first-order chi connectivity index (χ1) is 6.85. The molecule has 0 spiro atoms. The van der Waals surface area contributed by atoms with Crippen molar-refractivity contribution in [3.05, 3.63) is 12.3 Å². The van der Waals surface area contributed by atoms with Gasteiger partial charge in [0, 0.05) is 19.3 Å². The molecule has 1 aromatic rings. The lowest BCUT2D eigenvalue weighted by molar-refractivity contribution is -0.120. The molecular weight excluding hydrogens is 237 g/mol. The molecule has 1 unspecified atom stereocenters. The van der Waals surface area contributed by atoms with Crippen molar-refractivity contribution < 1.29 is 4.79 Å². The number of anilines is 1. The van der Waals surface area contributed by atoms with Crippen molar-refractivity contribution in [1.82, 2.24) is 9.78 Å². The number of alkyl halides is 2. The fourth-order valence-electron chi connectivity index (χ4n) is 1.38. The number of rotatable bonds is 2. The summed E-state index contributed by atoms with van der Waals surface area (Å²) >= 11 is 11.8. The summed E-state index contributed by atoms with van der Waals surface area (Å²) in [7, 11) is 1.78. The van der Waals surface area contributed by atoms with Crippen LogP contribution in [0.2, 0.25) is 0 Å². The maximum absolute atomic E-state index is 11.8. The number of carbonyl (C=O) groups excluding carboxylic acids is 1. The maximum Gasteiger partial charge on any atom is 0.234 e. The predicted molar refractivity (Wildman–Crippen MR) is 59.0 cm³/mol. The minimum atomic E-state index is -0.939. The van der Waals surface area contributed by atoms with Crippen molar-refractivity contribution >= 4 is 34.9 Å². The zero-order valence-electron chi connectivity index (χ0n) is 8.42. The van der Waals surface area contributed by atoms with E-state index in [1.54, 1.807) is 30.9 Å². The van der Waals surface area contributed by atoms with E-state index in [0.29, 0.717) is 12.2 Å². The number of amides is 1. The Hall–Kier alpha value is -0.740. The number of nitrogens with zero attached hydrogens (tertiary/aromatic N) is 2. The van der Waals surface area contributed by atoms with E-state index in [2.05, 4.69) is 10.4 Å². The Morgan fingerprint density at radius 1 is 1.67 bits per heavy atom. The van der Waals surface area contributed by atoms with Gasteiger partial charge in [-0.3, -0.25) is 9.48 Å². The highest BCUT2D eigenvalue weighted by molar-refractivity contribution is 6.53. The van der Waals surface area contributed by atoms with Gasteiger partial charge in [0.15, 0.2) is 5.82 Å². The molecule has 1 N–H and O–H groups in total. The van der Waals surface area contributed by atoms with Crippen LogP contribution in [0.4, 0.5) is 5.82 Å². The third-order valence-electron chi connectivity index (χ3n) is 2.71. The summed E-state index contributed by atoms with van der Waals surface area (Å²) in [5.41, 5.74) is -0.701. The van der Waals surface area contributed by atoms with E-state index in [1.165, 1.54) is 0 Å². The molecule has 1 aliphatic rings. The van der Waals surface area contributed by atoms with Crippen LogP contribution in [0.5, 0.6) is 0 Å². The van der Waals surface area contributed by atoms with Gasteiger partial charge in [0.05, 0.1) is 5.41 Å². The largest absolute Gasteiger partial charge is 0.309 e. The van der Waals surface area contributed by atoms with Crippen LogP contribution in [0.3, 0.4) is 0 Å². The molecule has 4 nitrogen and oxygen atoms in total. The van der Waals surface area contributed by atoms with Crippen LogP contribution in [0.1, 0.15) is 13.3 Å². The summed E-state index contributed by atoms with van der Waals surface area (Å²) < 4.78 is 0.672. The normalized spacial score (nSPS) is 27.5. The van der Waals surface area contributed by atoms with E-state index >= 15 is 0 Å². The molecule has 2 rings (SSSR count). The van der Waals surface area contributed by atoms with Crippen LogP contribution in [-0.4, -0.2) is 20.0 Å². The Bertz CT molecular complexity index is 415. The van der Waals surface area contributed by atoms with Gasteiger partial charge >= 0.3 is 0 Å². The Labute approximate surface area is 97.5 Å². The minimum absolute atomic E-state index is 0.189. The molecule has 1 saturated carbocycles. The molecule has 6 heteroatoms. The fraction of sp³-hybridized carbons (Fsp3) is 0.556. The molecule has 1 amide bonds. The standard InChI is InChI=1S/C9H11Cl2N3O/c1-8(5-9(8,10)11)7(15)12-6-3-4-14(2)13-6/h3-4H,5H2,1-2H3,(H,12,13,15). The van der Waals surface area contributed by atoms with Crippen molar-refractivity contribution in [2.45, 2.75) is 17.7 Å². The van der Waals surface area contributed by atoms with Gasteiger partial charge in [-0.05, 0) is 13.3 Å². The maximum atomic E-state index is 11.8. The number of aromatic nitrogens is 2. The highest BCUT2D eigenvalue weighted by Crippen LogP contribution is 2.64. The molecule has 1 aromatic heterocycles. The van der Waals surface area contributed by atoms with Crippen LogP contribution < -0.4 is 5.32 Å². The Morgan fingerprint density at radius 2 is 2.27 bits per heavy atom. The smallest absolute Gasteiger partial charge is 0.234 e. The molecular formula is C9H11Cl2N3O. The van der Waals surface area contributed by atoms with Crippen LogP contribution in [0, 0.1) is 5.41 Å². The summed E-state index contributed by atoms with van der Waals surface area (Å²) in [5.74, 6) is 0.325. The highest BCUT2D eigenvalue weighted by atomic mass is 35.5. The zero-order valence-corrected chi connectivity index (χ0v) is 9.93. The second kappa shape index (κ2) is 3.12. The lowest BCUT2D eigenvalue weighted by Crippen LogP contribution is -2.26. The van der Waals surface area contributed by atoms with E-state index in [0.717, 1.165) is 0 Å². The SMILES string of the molecule is Cn1ccc(NC(=O)C2(C)CC2(Cl)Cl)n1. The van der Waals surface area contributed by atoms with E-state index < -0.39 is 9.75 Å². The topological polar surface area (TPSA) is 46.9 Å². The highest BCUT2D eigenvalue weighted by Gasteiger charge is 2.67. The molecule has 0 bridgehead atoms. The number of hydrogen-bond acceptors (Lipinski definition) is 2. The molecule has 0 aromatic carbocycles. The summed E-state index contributed by atoms with van der Waals surface area (Å²) in [5, 5.41) is 6.72. The molecule has 0 aliphatic heterocycles. The van der Waals surface area contributed by atoms with Gasteiger partial charge in [-0.25, -0.2) is 0 Å². The summed E-state index contributed by atoms with van der Waals surface area (Å²) in [6.45, 7) is 1.74. The predicted octanol–water partition coefficient (Wildman–Crippen LogP) is 1.94. The van der Waals surface area contributed by atoms with Gasteiger partial charge in [-0.2, -0.15) is 5.10 Å². The van der Waals surface area contributed by atoms with Crippen molar-refractivity contribution in [1.29, 1.82) is 0 Å². The van der Waals surface area contributed by atoms with Gasteiger partial charge in [-0.1, -0.05) is 0 Å². The number of carbonyl (C=O) groups is 1. The molecule has 1 fully saturated rings. The second-order valence-corrected chi connectivity index (χ2v) is 5.53. The van der Waals surface area contributed by atoms with Crippen molar-refractivity contribution in [3.8, 4) is 0 Å². The fourth-order valence-corrected chi connectivity index (χ4v) is 2.09. The number of nitrogens with one attached hydrogen (secondary N) is 1. The summed E-state index contributed by atoms with van der Waals surface area (Å²) in [6.07, 6.45) is 2.22. The van der Waals surface area contributed by atoms with Gasteiger partial charge in [0.1, 0.15) is 4.33 Å². The minimum Gasteiger partial charge on any atom is -0.309 e. The molecule has 15 heavy (non-hydrogen) atoms. The zero-order chi connectivity index (χ0) is 11.3. The Morgan fingerprint density at radius 3 is 2.67 bits per heavy atom. The Balaban J connectivity index is 2.06. The Kier molecular flexibility index (Phi) is 2.24. The summed E-state index contributed by atoms with van der Waals surface area (Å²) in [4.78, 5) is 11.8. The van der Waals surface area contributed by atoms with Gasteiger partial charge in [0.2, 0.25) is 5.91 Å². The van der Waals surface area contributed by atoms with Crippen LogP contribution in [0.25, 0.3) is 0 Å². The van der Waals surface area contributed by atoms with E-state index in [-0.39, 0.29) is 5.91 Å². The molecule has 1 atom stereocenters. The molecule has 0 radical (unpaired) electrons. The first-order valence-corrected chi connectivity index (χ1v) is 5.30. The summed E-state index contributed by atoms with van der Waals surface area (Å²) in [6, 6.07) is 1.72. The van der Waals surface area contributed by atoms with Gasteiger partial charge in [-0.15, -0.1) is 23.2 Å². The molecule has 0 saturated heterocycles. The number of halogens is 2. The van der Waals surface area contributed by atoms with Crippen LogP contribution in [0.15, 0.2) is 12.3 Å². The van der Waals surface area contributed by atoms with E-state index in [4.69, 9.17) is 23.2 Å². The number of aryl methyl sites for hydroxylation is 1. The lowest BCUT2D eigenvalue weighted by Gasteiger charge is -2.10. The molecule has 1 heterocycles. The van der Waals surface area contributed by atoms with E-state index in [9.17, 15) is 4.79 Å². The average Bonchev–Trinajstić information content (AvgIpc) is 2.47. The third-order valence-corrected chi connectivity index (χ3v) is 3.82. The average molecular weight is 248 g/mol. The van der Waals surface area contributed by atoms with Crippen LogP contribution >= 0.6 is 23.2 Å².